The van der Waals surface area contributed by atoms with Crippen molar-refractivity contribution in [1.29, 1.82) is 0 Å². The molecule has 2 aromatic heterocycles. The summed E-state index contributed by atoms with van der Waals surface area (Å²) in [5.74, 6) is -0.956. The van der Waals surface area contributed by atoms with Crippen molar-refractivity contribution in [2.75, 3.05) is 5.32 Å². The zero-order valence-electron chi connectivity index (χ0n) is 17.5. The molecule has 0 aliphatic rings. The van der Waals surface area contributed by atoms with Gasteiger partial charge in [0.25, 0.3) is 5.91 Å². The lowest BCUT2D eigenvalue weighted by molar-refractivity contribution is -0.116. The Morgan fingerprint density at radius 1 is 1.03 bits per heavy atom. The highest BCUT2D eigenvalue weighted by Gasteiger charge is 2.18. The van der Waals surface area contributed by atoms with Crippen LogP contribution in [0.1, 0.15) is 39.0 Å². The second kappa shape index (κ2) is 7.75. The first-order valence-electron chi connectivity index (χ1n) is 9.90. The molecule has 0 aliphatic carbocycles. The van der Waals surface area contributed by atoms with Crippen LogP contribution in [0.15, 0.2) is 50.2 Å². The Balaban J connectivity index is 1.64. The lowest BCUT2D eigenvalue weighted by atomic mass is 9.98. The average Bonchev–Trinajstić information content (AvgIpc) is 3.10. The van der Waals surface area contributed by atoms with Gasteiger partial charge in [-0.2, -0.15) is 0 Å². The van der Waals surface area contributed by atoms with Crippen molar-refractivity contribution in [3.05, 3.63) is 74.8 Å². The normalized spacial score (nSPS) is 11.2. The molecule has 0 aliphatic heterocycles. The quantitative estimate of drug-likeness (QED) is 0.473. The van der Waals surface area contributed by atoms with E-state index in [1.807, 2.05) is 26.8 Å². The third-order valence-corrected chi connectivity index (χ3v) is 5.60. The number of carbonyl (C=O) groups is 2. The van der Waals surface area contributed by atoms with Crippen LogP contribution in [0.3, 0.4) is 0 Å². The smallest absolute Gasteiger partial charge is 0.339 e. The predicted octanol–water partition coefficient (Wildman–Crippen LogP) is 4.13. The molecule has 0 radical (unpaired) electrons. The highest BCUT2D eigenvalue weighted by atomic mass is 16.4. The lowest BCUT2D eigenvalue weighted by Crippen LogP contribution is -2.19. The number of benzene rings is 2. The van der Waals surface area contributed by atoms with Gasteiger partial charge >= 0.3 is 5.63 Å². The fourth-order valence-corrected chi connectivity index (χ4v) is 3.87. The number of primary amides is 1. The molecular weight excluding hydrogens is 396 g/mol. The molecule has 0 saturated heterocycles. The van der Waals surface area contributed by atoms with Crippen LogP contribution >= 0.6 is 0 Å². The van der Waals surface area contributed by atoms with Gasteiger partial charge < -0.3 is 19.9 Å². The highest BCUT2D eigenvalue weighted by Crippen LogP contribution is 2.32. The van der Waals surface area contributed by atoms with E-state index in [1.165, 1.54) is 0 Å². The maximum Gasteiger partial charge on any atom is 0.339 e. The van der Waals surface area contributed by atoms with Gasteiger partial charge in [0.2, 0.25) is 5.91 Å². The second-order valence-electron chi connectivity index (χ2n) is 7.62. The fraction of sp³-hybridized carbons (Fsp3) is 0.208. The number of amides is 2. The number of anilines is 1. The number of aryl methyl sites for hydroxylation is 3. The van der Waals surface area contributed by atoms with Gasteiger partial charge in [0.15, 0.2) is 0 Å². The lowest BCUT2D eigenvalue weighted by Gasteiger charge is -2.11. The Kier molecular flexibility index (Phi) is 5.10. The van der Waals surface area contributed by atoms with Gasteiger partial charge in [0, 0.05) is 28.3 Å². The van der Waals surface area contributed by atoms with Crippen LogP contribution < -0.4 is 16.7 Å². The van der Waals surface area contributed by atoms with Gasteiger partial charge in [-0.1, -0.05) is 12.1 Å². The minimum atomic E-state index is -0.627. The Labute approximate surface area is 177 Å². The third-order valence-electron chi connectivity index (χ3n) is 5.60. The maximum atomic E-state index is 12.7. The molecule has 4 aromatic rings. The summed E-state index contributed by atoms with van der Waals surface area (Å²) in [6, 6.07) is 8.47. The van der Waals surface area contributed by atoms with Gasteiger partial charge in [-0.05, 0) is 56.5 Å². The minimum absolute atomic E-state index is 0.0518. The largest absolute Gasteiger partial charge is 0.464 e. The van der Waals surface area contributed by atoms with Gasteiger partial charge in [0.05, 0.1) is 17.5 Å². The number of furan rings is 1. The molecule has 4 rings (SSSR count). The van der Waals surface area contributed by atoms with Crippen LogP contribution in [0.5, 0.6) is 0 Å². The highest BCUT2D eigenvalue weighted by molar-refractivity contribution is 6.03. The van der Waals surface area contributed by atoms with Crippen LogP contribution in [-0.2, 0) is 11.2 Å². The molecule has 7 heteroatoms. The summed E-state index contributed by atoms with van der Waals surface area (Å²) >= 11 is 0. The summed E-state index contributed by atoms with van der Waals surface area (Å²) < 4.78 is 11.2. The van der Waals surface area contributed by atoms with E-state index < -0.39 is 11.5 Å². The summed E-state index contributed by atoms with van der Waals surface area (Å²) in [7, 11) is 0. The standard InChI is InChI=1S/C24H22N2O5/c1-12-11-30-21-14(3)22-18(10-17(12)21)13(2)15(24(29)31-22)8-9-20(27)26-19-7-5-4-6-16(19)23(25)28/h4-7,10-11H,8-9H2,1-3H3,(H2,25,28)(H,26,27). The van der Waals surface area contributed by atoms with Gasteiger partial charge in [-0.15, -0.1) is 0 Å². The minimum Gasteiger partial charge on any atom is -0.464 e. The Bertz CT molecular complexity index is 1410. The second-order valence-corrected chi connectivity index (χ2v) is 7.62. The molecule has 3 N–H and O–H groups in total. The topological polar surface area (TPSA) is 116 Å². The molecule has 0 bridgehead atoms. The van der Waals surface area contributed by atoms with Crippen LogP contribution in [0.4, 0.5) is 5.69 Å². The number of para-hydroxylation sites is 1. The molecule has 158 valence electrons. The van der Waals surface area contributed by atoms with Crippen molar-refractivity contribution in [2.45, 2.75) is 33.6 Å². The average molecular weight is 418 g/mol. The van der Waals surface area contributed by atoms with E-state index >= 15 is 0 Å². The zero-order valence-corrected chi connectivity index (χ0v) is 17.5. The van der Waals surface area contributed by atoms with Gasteiger partial charge in [-0.3, -0.25) is 9.59 Å². The summed E-state index contributed by atoms with van der Waals surface area (Å²) in [5.41, 5.74) is 9.65. The molecule has 2 aromatic carbocycles. The van der Waals surface area contributed by atoms with E-state index in [0.29, 0.717) is 22.4 Å². The third kappa shape index (κ3) is 3.59. The predicted molar refractivity (Wildman–Crippen MR) is 118 cm³/mol. The van der Waals surface area contributed by atoms with E-state index in [2.05, 4.69) is 5.32 Å². The van der Waals surface area contributed by atoms with Crippen LogP contribution in [0.2, 0.25) is 0 Å². The first-order chi connectivity index (χ1) is 14.8. The molecule has 0 atom stereocenters. The van der Waals surface area contributed by atoms with Crippen LogP contribution in [0.25, 0.3) is 21.9 Å². The van der Waals surface area contributed by atoms with Crippen molar-refractivity contribution in [3.8, 4) is 0 Å². The van der Waals surface area contributed by atoms with Crippen LogP contribution in [0, 0.1) is 20.8 Å². The van der Waals surface area contributed by atoms with Crippen molar-refractivity contribution in [3.63, 3.8) is 0 Å². The van der Waals surface area contributed by atoms with Gasteiger partial charge in [-0.25, -0.2) is 4.79 Å². The molecule has 0 fully saturated rings. The van der Waals surface area contributed by atoms with Crippen molar-refractivity contribution in [1.82, 2.24) is 0 Å². The van der Waals surface area contributed by atoms with E-state index in [0.717, 1.165) is 27.5 Å². The maximum absolute atomic E-state index is 12.7. The molecule has 31 heavy (non-hydrogen) atoms. The molecule has 7 nitrogen and oxygen atoms in total. The summed E-state index contributed by atoms with van der Waals surface area (Å²) in [4.78, 5) is 36.7. The van der Waals surface area contributed by atoms with Gasteiger partial charge in [0.1, 0.15) is 11.2 Å². The SMILES string of the molecule is Cc1coc2c(C)c3oc(=O)c(CCC(=O)Nc4ccccc4C(N)=O)c(C)c3cc12. The number of nitrogens with two attached hydrogens (primary N) is 1. The fourth-order valence-electron chi connectivity index (χ4n) is 3.87. The molecule has 0 spiro atoms. The Hall–Kier alpha value is -3.87. The first-order valence-corrected chi connectivity index (χ1v) is 9.90. The molecule has 2 amide bonds. The van der Waals surface area contributed by atoms with E-state index in [9.17, 15) is 14.4 Å². The molecule has 0 unspecified atom stereocenters. The monoisotopic (exact) mass is 418 g/mol. The number of rotatable bonds is 5. The summed E-state index contributed by atoms with van der Waals surface area (Å²) in [6.07, 6.45) is 1.94. The number of hydrogen-bond acceptors (Lipinski definition) is 5. The van der Waals surface area contributed by atoms with Crippen molar-refractivity contribution >= 4 is 39.4 Å². The number of carbonyl (C=O) groups excluding carboxylic acids is 2. The first kappa shape index (κ1) is 20.4. The van der Waals surface area contributed by atoms with E-state index in [4.69, 9.17) is 14.6 Å². The molecule has 0 saturated carbocycles. The summed E-state index contributed by atoms with van der Waals surface area (Å²) in [5, 5.41) is 4.48. The number of hydrogen-bond donors (Lipinski definition) is 2. The zero-order chi connectivity index (χ0) is 22.3. The van der Waals surface area contributed by atoms with E-state index in [1.54, 1.807) is 30.5 Å². The number of nitrogens with one attached hydrogen (secondary N) is 1. The van der Waals surface area contributed by atoms with Crippen molar-refractivity contribution in [2.24, 2.45) is 5.73 Å². The van der Waals surface area contributed by atoms with Crippen LogP contribution in [-0.4, -0.2) is 11.8 Å². The summed E-state index contributed by atoms with van der Waals surface area (Å²) in [6.45, 7) is 5.68. The molecular formula is C24H22N2O5. The Morgan fingerprint density at radius 3 is 2.52 bits per heavy atom. The Morgan fingerprint density at radius 2 is 1.77 bits per heavy atom. The molecule has 2 heterocycles. The van der Waals surface area contributed by atoms with E-state index in [-0.39, 0.29) is 24.3 Å². The van der Waals surface area contributed by atoms with Crippen molar-refractivity contribution < 1.29 is 18.4 Å². The number of fused-ring (bicyclic) bond motifs is 2.